The lowest BCUT2D eigenvalue weighted by atomic mass is 10.0. The first-order valence-corrected chi connectivity index (χ1v) is 8.18. The summed E-state index contributed by atoms with van der Waals surface area (Å²) < 4.78 is 1.00. The molecule has 102 valence electrons. The lowest BCUT2D eigenvalue weighted by molar-refractivity contribution is 0.602. The Morgan fingerprint density at radius 3 is 2.53 bits per heavy atom. The first-order valence-electron chi connectivity index (χ1n) is 6.19. The molecular formula is C15H17BrClNS. The molecule has 1 aromatic heterocycles. The van der Waals surface area contributed by atoms with E-state index in [0.29, 0.717) is 6.04 Å². The number of hydrogen-bond donors (Lipinski definition) is 1. The third kappa shape index (κ3) is 3.60. The molecular weight excluding hydrogens is 342 g/mol. The summed E-state index contributed by atoms with van der Waals surface area (Å²) in [7, 11) is 1.99. The fourth-order valence-electron chi connectivity index (χ4n) is 2.05. The Morgan fingerprint density at radius 1 is 1.26 bits per heavy atom. The third-order valence-electron chi connectivity index (χ3n) is 3.37. The van der Waals surface area contributed by atoms with Crippen LogP contribution in [0.5, 0.6) is 0 Å². The normalized spacial score (nSPS) is 12.7. The van der Waals surface area contributed by atoms with Gasteiger partial charge in [0.15, 0.2) is 0 Å². The van der Waals surface area contributed by atoms with E-state index in [0.717, 1.165) is 15.2 Å². The second kappa shape index (κ2) is 6.40. The molecule has 0 saturated carbocycles. The van der Waals surface area contributed by atoms with Crippen molar-refractivity contribution in [3.63, 3.8) is 0 Å². The van der Waals surface area contributed by atoms with Crippen molar-refractivity contribution in [2.45, 2.75) is 26.3 Å². The van der Waals surface area contributed by atoms with Crippen LogP contribution in [-0.4, -0.2) is 7.05 Å². The van der Waals surface area contributed by atoms with E-state index in [4.69, 9.17) is 11.6 Å². The highest BCUT2D eigenvalue weighted by atomic mass is 79.9. The maximum absolute atomic E-state index is 6.12. The molecule has 19 heavy (non-hydrogen) atoms. The van der Waals surface area contributed by atoms with Crippen molar-refractivity contribution in [1.29, 1.82) is 0 Å². The highest BCUT2D eigenvalue weighted by molar-refractivity contribution is 9.11. The minimum absolute atomic E-state index is 0.302. The van der Waals surface area contributed by atoms with Crippen LogP contribution in [0.1, 0.15) is 27.6 Å². The van der Waals surface area contributed by atoms with Crippen LogP contribution in [0.2, 0.25) is 5.02 Å². The van der Waals surface area contributed by atoms with Gasteiger partial charge in [-0.2, -0.15) is 0 Å². The van der Waals surface area contributed by atoms with Crippen LogP contribution in [0, 0.1) is 13.8 Å². The Hall–Kier alpha value is -0.350. The number of aryl methyl sites for hydroxylation is 2. The van der Waals surface area contributed by atoms with Gasteiger partial charge in [-0.25, -0.2) is 0 Å². The molecule has 0 spiro atoms. The summed E-state index contributed by atoms with van der Waals surface area (Å²) in [5.74, 6) is 0. The molecule has 0 amide bonds. The first-order chi connectivity index (χ1) is 9.01. The molecule has 0 saturated heterocycles. The van der Waals surface area contributed by atoms with Gasteiger partial charge in [-0.1, -0.05) is 29.8 Å². The number of hydrogen-bond acceptors (Lipinski definition) is 2. The molecule has 1 heterocycles. The van der Waals surface area contributed by atoms with E-state index in [1.54, 1.807) is 11.3 Å². The number of nitrogens with one attached hydrogen (secondary N) is 1. The Morgan fingerprint density at radius 2 is 2.00 bits per heavy atom. The van der Waals surface area contributed by atoms with Gasteiger partial charge in [0.05, 0.1) is 8.81 Å². The van der Waals surface area contributed by atoms with Crippen LogP contribution in [0.15, 0.2) is 28.1 Å². The smallest absolute Gasteiger partial charge is 0.0887 e. The van der Waals surface area contributed by atoms with E-state index in [-0.39, 0.29) is 0 Å². The van der Waals surface area contributed by atoms with Gasteiger partial charge in [0, 0.05) is 10.9 Å². The topological polar surface area (TPSA) is 12.0 Å². The van der Waals surface area contributed by atoms with Crippen molar-refractivity contribution >= 4 is 38.9 Å². The second-order valence-corrected chi connectivity index (χ2v) is 7.54. The lowest BCUT2D eigenvalue weighted by Gasteiger charge is -2.15. The monoisotopic (exact) mass is 357 g/mol. The maximum atomic E-state index is 6.12. The van der Waals surface area contributed by atoms with E-state index >= 15 is 0 Å². The van der Waals surface area contributed by atoms with Gasteiger partial charge in [0.2, 0.25) is 0 Å². The van der Waals surface area contributed by atoms with E-state index < -0.39 is 0 Å². The molecule has 0 bridgehead atoms. The van der Waals surface area contributed by atoms with Crippen LogP contribution in [-0.2, 0) is 6.42 Å². The Balaban J connectivity index is 2.21. The molecule has 1 N–H and O–H groups in total. The Labute approximate surface area is 132 Å². The van der Waals surface area contributed by atoms with Crippen LogP contribution < -0.4 is 5.32 Å². The number of rotatable bonds is 4. The van der Waals surface area contributed by atoms with Gasteiger partial charge in [-0.3, -0.25) is 0 Å². The molecule has 1 atom stereocenters. The molecule has 0 aliphatic rings. The fraction of sp³-hybridized carbons (Fsp3) is 0.333. The third-order valence-corrected chi connectivity index (χ3v) is 5.96. The van der Waals surface area contributed by atoms with Crippen molar-refractivity contribution in [3.05, 3.63) is 54.6 Å². The van der Waals surface area contributed by atoms with Crippen molar-refractivity contribution in [2.24, 2.45) is 0 Å². The Kier molecular flexibility index (Phi) is 5.07. The number of thiophene rings is 1. The predicted octanol–water partition coefficient (Wildman–Crippen LogP) is 5.28. The van der Waals surface area contributed by atoms with Gasteiger partial charge in [-0.15, -0.1) is 11.3 Å². The molecule has 0 fully saturated rings. The van der Waals surface area contributed by atoms with Gasteiger partial charge in [0.25, 0.3) is 0 Å². The van der Waals surface area contributed by atoms with E-state index in [1.807, 2.05) is 13.1 Å². The number of halogens is 2. The molecule has 2 aromatic rings. The minimum Gasteiger partial charge on any atom is -0.312 e. The molecule has 1 nitrogen and oxygen atoms in total. The Bertz CT molecular complexity index is 560. The summed E-state index contributed by atoms with van der Waals surface area (Å²) in [4.78, 5) is 1.26. The number of likely N-dealkylation sites (N-methyl/N-ethyl adjacent to an activating group) is 1. The van der Waals surface area contributed by atoms with Gasteiger partial charge < -0.3 is 5.32 Å². The molecule has 0 radical (unpaired) electrons. The van der Waals surface area contributed by atoms with E-state index in [9.17, 15) is 0 Å². The van der Waals surface area contributed by atoms with Crippen molar-refractivity contribution in [2.75, 3.05) is 7.05 Å². The zero-order valence-electron chi connectivity index (χ0n) is 11.3. The van der Waals surface area contributed by atoms with Crippen LogP contribution in [0.25, 0.3) is 0 Å². The van der Waals surface area contributed by atoms with Crippen LogP contribution in [0.4, 0.5) is 0 Å². The first kappa shape index (κ1) is 15.0. The van der Waals surface area contributed by atoms with Gasteiger partial charge in [-0.05, 0) is 66.0 Å². The summed E-state index contributed by atoms with van der Waals surface area (Å²) in [5, 5.41) is 4.16. The SMILES string of the molecule is CNC(Cc1ccc(C)c(C)c1)c1cc(Cl)c(Br)s1. The van der Waals surface area contributed by atoms with E-state index in [1.165, 1.54) is 21.6 Å². The van der Waals surface area contributed by atoms with Crippen LogP contribution >= 0.6 is 38.9 Å². The second-order valence-electron chi connectivity index (χ2n) is 4.73. The average Bonchev–Trinajstić information content (AvgIpc) is 2.71. The summed E-state index contributed by atoms with van der Waals surface area (Å²) in [6.07, 6.45) is 0.973. The van der Waals surface area contributed by atoms with Crippen molar-refractivity contribution < 1.29 is 0 Å². The lowest BCUT2D eigenvalue weighted by Crippen LogP contribution is -2.17. The largest absolute Gasteiger partial charge is 0.312 e. The molecule has 1 unspecified atom stereocenters. The standard InChI is InChI=1S/C15H17BrClNS/c1-9-4-5-11(6-10(9)2)7-13(18-3)14-8-12(17)15(16)19-14/h4-6,8,13,18H,7H2,1-3H3. The molecule has 0 aliphatic heterocycles. The van der Waals surface area contributed by atoms with Crippen LogP contribution in [0.3, 0.4) is 0 Å². The zero-order chi connectivity index (χ0) is 14.0. The minimum atomic E-state index is 0.302. The molecule has 4 heteroatoms. The summed E-state index contributed by atoms with van der Waals surface area (Å²) >= 11 is 11.3. The summed E-state index contributed by atoms with van der Waals surface area (Å²) in [6.45, 7) is 4.30. The molecule has 1 aromatic carbocycles. The quantitative estimate of drug-likeness (QED) is 0.783. The summed E-state index contributed by atoms with van der Waals surface area (Å²) in [5.41, 5.74) is 4.03. The summed E-state index contributed by atoms with van der Waals surface area (Å²) in [6, 6.07) is 9.00. The fourth-order valence-corrected chi connectivity index (χ4v) is 3.90. The zero-order valence-corrected chi connectivity index (χ0v) is 14.4. The van der Waals surface area contributed by atoms with Crippen molar-refractivity contribution in [3.8, 4) is 0 Å². The van der Waals surface area contributed by atoms with E-state index in [2.05, 4.69) is 53.3 Å². The van der Waals surface area contributed by atoms with Crippen molar-refractivity contribution in [1.82, 2.24) is 5.32 Å². The van der Waals surface area contributed by atoms with Gasteiger partial charge >= 0.3 is 0 Å². The predicted molar refractivity (Wildman–Crippen MR) is 88.4 cm³/mol. The highest BCUT2D eigenvalue weighted by Crippen LogP contribution is 2.36. The highest BCUT2D eigenvalue weighted by Gasteiger charge is 2.15. The average molecular weight is 359 g/mol. The van der Waals surface area contributed by atoms with Gasteiger partial charge in [0.1, 0.15) is 0 Å². The molecule has 2 rings (SSSR count). The maximum Gasteiger partial charge on any atom is 0.0887 e. The number of benzene rings is 1. The molecule has 0 aliphatic carbocycles.